The normalized spacial score (nSPS) is 14.4. The molecule has 0 aliphatic carbocycles. The van der Waals surface area contributed by atoms with Gasteiger partial charge < -0.3 is 19.5 Å². The van der Waals surface area contributed by atoms with Crippen LogP contribution in [0.15, 0.2) is 42.9 Å². The summed E-state index contributed by atoms with van der Waals surface area (Å²) in [5, 5.41) is 3.09. The van der Waals surface area contributed by atoms with Crippen molar-refractivity contribution in [3.05, 3.63) is 71.1 Å². The molecule has 184 valence electrons. The van der Waals surface area contributed by atoms with Gasteiger partial charge in [-0.05, 0) is 29.8 Å². The number of esters is 1. The van der Waals surface area contributed by atoms with Gasteiger partial charge in [0, 0.05) is 41.4 Å². The molecule has 0 bridgehead atoms. The smallest absolute Gasteiger partial charge is 0.493 e. The lowest BCUT2D eigenvalue weighted by atomic mass is 9.99. The van der Waals surface area contributed by atoms with Crippen LogP contribution in [0, 0.1) is 5.82 Å². The van der Waals surface area contributed by atoms with Crippen LogP contribution in [0.1, 0.15) is 27.2 Å². The molecule has 0 fully saturated rings. The maximum absolute atomic E-state index is 14.6. The molecule has 0 unspecified atom stereocenters. The van der Waals surface area contributed by atoms with Crippen LogP contribution in [-0.2, 0) is 24.3 Å². The van der Waals surface area contributed by atoms with Crippen LogP contribution in [0.25, 0.3) is 16.6 Å². The largest absolute Gasteiger partial charge is 0.573 e. The number of hydrogen-bond acceptors (Lipinski definition) is 7. The third-order valence-electron chi connectivity index (χ3n) is 6.08. The Morgan fingerprint density at radius 1 is 1.11 bits per heavy atom. The Labute approximate surface area is 200 Å². The lowest BCUT2D eigenvalue weighted by Crippen LogP contribution is -2.17. The van der Waals surface area contributed by atoms with Gasteiger partial charge in [-0.25, -0.2) is 19.2 Å². The minimum Gasteiger partial charge on any atom is -0.493 e. The fraction of sp³-hybridized carbons (Fsp3) is 0.208. The molecule has 36 heavy (non-hydrogen) atoms. The van der Waals surface area contributed by atoms with Crippen molar-refractivity contribution in [3.8, 4) is 22.6 Å². The quantitative estimate of drug-likeness (QED) is 0.322. The van der Waals surface area contributed by atoms with E-state index in [1.54, 1.807) is 6.07 Å². The van der Waals surface area contributed by atoms with Gasteiger partial charge in [0.25, 0.3) is 0 Å². The zero-order valence-corrected chi connectivity index (χ0v) is 18.4. The van der Waals surface area contributed by atoms with Crippen molar-refractivity contribution in [2.75, 3.05) is 11.9 Å². The summed E-state index contributed by atoms with van der Waals surface area (Å²) in [6, 6.07) is 6.73. The number of rotatable bonds is 4. The van der Waals surface area contributed by atoms with Crippen molar-refractivity contribution in [3.63, 3.8) is 0 Å². The molecule has 0 amide bonds. The summed E-state index contributed by atoms with van der Waals surface area (Å²) in [6.07, 6.45) is -1.41. The Hall–Kier alpha value is -4.35. The van der Waals surface area contributed by atoms with E-state index in [0.29, 0.717) is 46.5 Å². The van der Waals surface area contributed by atoms with Crippen LogP contribution in [0.5, 0.6) is 11.5 Å². The SMILES string of the molecule is O=C1OCc2cc(OC(F)(F)F)ccc2-c2cnc(NCc3c(F)ccc4c3CCO4)n3cnc1c23. The van der Waals surface area contributed by atoms with Gasteiger partial charge in [-0.2, -0.15) is 0 Å². The molecule has 0 saturated heterocycles. The molecule has 2 aromatic carbocycles. The van der Waals surface area contributed by atoms with Gasteiger partial charge in [0.2, 0.25) is 5.95 Å². The number of benzene rings is 2. The highest BCUT2D eigenvalue weighted by Crippen LogP contribution is 2.37. The van der Waals surface area contributed by atoms with E-state index >= 15 is 0 Å². The highest BCUT2D eigenvalue weighted by atomic mass is 19.4. The van der Waals surface area contributed by atoms with Gasteiger partial charge in [-0.15, -0.1) is 13.2 Å². The van der Waals surface area contributed by atoms with Gasteiger partial charge in [0.1, 0.15) is 30.3 Å². The van der Waals surface area contributed by atoms with Gasteiger partial charge in [0.05, 0.1) is 12.1 Å². The molecule has 0 atom stereocenters. The Morgan fingerprint density at radius 3 is 2.81 bits per heavy atom. The van der Waals surface area contributed by atoms with Crippen LogP contribution >= 0.6 is 0 Å². The molecule has 6 rings (SSSR count). The summed E-state index contributed by atoms with van der Waals surface area (Å²) < 4.78 is 69.0. The standard InChI is InChI=1S/C24H16F4N4O4/c25-18-3-4-19-15(5-6-34-19)16(18)8-29-23-30-9-17-14-2-1-13(36-24(26,27)28)7-12(14)10-35-22(33)20-21(17)32(23)11-31-20/h1-4,7,9,11H,5-6,8,10H2,(H,29,30). The number of cyclic esters (lactones) is 1. The molecule has 12 heteroatoms. The van der Waals surface area contributed by atoms with Crippen molar-refractivity contribution < 1.29 is 36.6 Å². The van der Waals surface area contributed by atoms with Crippen LogP contribution in [0.4, 0.5) is 23.5 Å². The lowest BCUT2D eigenvalue weighted by Gasteiger charge is -2.18. The van der Waals surface area contributed by atoms with Crippen molar-refractivity contribution >= 4 is 17.4 Å². The predicted molar refractivity (Wildman–Crippen MR) is 117 cm³/mol. The minimum absolute atomic E-state index is 0.0249. The van der Waals surface area contributed by atoms with E-state index in [2.05, 4.69) is 20.0 Å². The number of carbonyl (C=O) groups excluding carboxylic acids is 1. The van der Waals surface area contributed by atoms with E-state index in [4.69, 9.17) is 9.47 Å². The van der Waals surface area contributed by atoms with Crippen molar-refractivity contribution in [1.29, 1.82) is 0 Å². The third-order valence-corrected chi connectivity index (χ3v) is 6.08. The number of halogens is 4. The highest BCUT2D eigenvalue weighted by Gasteiger charge is 2.32. The molecular formula is C24H16F4N4O4. The first-order valence-corrected chi connectivity index (χ1v) is 10.9. The van der Waals surface area contributed by atoms with Crippen molar-refractivity contribution in [1.82, 2.24) is 14.4 Å². The predicted octanol–water partition coefficient (Wildman–Crippen LogP) is 4.65. The van der Waals surface area contributed by atoms with Gasteiger partial charge in [-0.1, -0.05) is 6.07 Å². The Bertz CT molecular complexity index is 1530. The molecule has 4 aromatic rings. The highest BCUT2D eigenvalue weighted by molar-refractivity contribution is 6.01. The summed E-state index contributed by atoms with van der Waals surface area (Å²) in [4.78, 5) is 21.3. The number of anilines is 1. The third kappa shape index (κ3) is 3.74. The fourth-order valence-electron chi connectivity index (χ4n) is 4.53. The number of aromatic nitrogens is 3. The molecule has 0 radical (unpaired) electrons. The molecule has 1 N–H and O–H groups in total. The second-order valence-corrected chi connectivity index (χ2v) is 8.20. The number of nitrogens with one attached hydrogen (secondary N) is 1. The van der Waals surface area contributed by atoms with E-state index in [1.165, 1.54) is 41.2 Å². The first-order valence-electron chi connectivity index (χ1n) is 10.9. The molecule has 0 spiro atoms. The van der Waals surface area contributed by atoms with Crippen LogP contribution in [-0.4, -0.2) is 33.3 Å². The molecule has 0 saturated carbocycles. The summed E-state index contributed by atoms with van der Waals surface area (Å²) in [5.74, 6) is -0.630. The molecular weight excluding hydrogens is 484 g/mol. The lowest BCUT2D eigenvalue weighted by molar-refractivity contribution is -0.274. The van der Waals surface area contributed by atoms with Crippen molar-refractivity contribution in [2.45, 2.75) is 25.9 Å². The first-order chi connectivity index (χ1) is 17.3. The number of alkyl halides is 3. The maximum atomic E-state index is 14.6. The summed E-state index contributed by atoms with van der Waals surface area (Å²) in [5.41, 5.74) is 2.90. The average Bonchev–Trinajstić information content (AvgIpc) is 3.48. The van der Waals surface area contributed by atoms with Gasteiger partial charge in [-0.3, -0.25) is 4.40 Å². The second-order valence-electron chi connectivity index (χ2n) is 8.20. The Balaban J connectivity index is 1.41. The maximum Gasteiger partial charge on any atom is 0.573 e. The number of nitrogens with zero attached hydrogens (tertiary/aromatic N) is 3. The second kappa shape index (κ2) is 8.11. The zero-order valence-electron chi connectivity index (χ0n) is 18.4. The molecule has 2 aliphatic rings. The number of imidazole rings is 1. The topological polar surface area (TPSA) is 87.0 Å². The van der Waals surface area contributed by atoms with E-state index in [-0.39, 0.29) is 30.6 Å². The molecule has 2 aliphatic heterocycles. The van der Waals surface area contributed by atoms with Crippen LogP contribution in [0.2, 0.25) is 0 Å². The van der Waals surface area contributed by atoms with Crippen LogP contribution in [0.3, 0.4) is 0 Å². The number of fused-ring (bicyclic) bond motifs is 3. The van der Waals surface area contributed by atoms with E-state index in [0.717, 1.165) is 5.56 Å². The van der Waals surface area contributed by atoms with Gasteiger partial charge in [0.15, 0.2) is 5.69 Å². The molecule has 2 aromatic heterocycles. The summed E-state index contributed by atoms with van der Waals surface area (Å²) >= 11 is 0. The summed E-state index contributed by atoms with van der Waals surface area (Å²) in [6.45, 7) is 0.305. The summed E-state index contributed by atoms with van der Waals surface area (Å²) in [7, 11) is 0. The number of carbonyl (C=O) groups is 1. The van der Waals surface area contributed by atoms with Crippen LogP contribution < -0.4 is 14.8 Å². The molecule has 4 heterocycles. The number of hydrogen-bond donors (Lipinski definition) is 1. The average molecular weight is 500 g/mol. The number of ether oxygens (including phenoxy) is 3. The van der Waals surface area contributed by atoms with E-state index < -0.39 is 18.1 Å². The van der Waals surface area contributed by atoms with Gasteiger partial charge >= 0.3 is 12.3 Å². The molecule has 8 nitrogen and oxygen atoms in total. The van der Waals surface area contributed by atoms with E-state index in [9.17, 15) is 22.4 Å². The Morgan fingerprint density at radius 2 is 1.97 bits per heavy atom. The Kier molecular flexibility index (Phi) is 4.99. The van der Waals surface area contributed by atoms with Crippen molar-refractivity contribution in [2.24, 2.45) is 0 Å². The minimum atomic E-state index is -4.86. The van der Waals surface area contributed by atoms with E-state index in [1.807, 2.05) is 0 Å². The fourth-order valence-corrected chi connectivity index (χ4v) is 4.53. The first kappa shape index (κ1) is 22.1. The zero-order chi connectivity index (χ0) is 25.0. The monoisotopic (exact) mass is 500 g/mol.